The molecule has 0 aliphatic heterocycles. The van der Waals surface area contributed by atoms with Crippen LogP contribution in [0.15, 0.2) is 0 Å². The summed E-state index contributed by atoms with van der Waals surface area (Å²) >= 11 is 0. The average molecular weight is 179 g/mol. The number of nitriles is 1. The minimum absolute atomic E-state index is 0.389. The van der Waals surface area contributed by atoms with Crippen LogP contribution in [0.1, 0.15) is 45.4 Å². The van der Waals surface area contributed by atoms with E-state index in [2.05, 4.69) is 13.0 Å². The molecule has 2 aliphatic carbocycles. The van der Waals surface area contributed by atoms with Gasteiger partial charge in [-0.15, -0.1) is 0 Å². The summed E-state index contributed by atoms with van der Waals surface area (Å²) in [6, 6.07) is 2.39. The largest absolute Gasteiger partial charge is 0.388 e. The lowest BCUT2D eigenvalue weighted by atomic mass is 9.57. The van der Waals surface area contributed by atoms with E-state index < -0.39 is 5.60 Å². The highest BCUT2D eigenvalue weighted by Crippen LogP contribution is 2.56. The van der Waals surface area contributed by atoms with E-state index in [1.807, 2.05) is 0 Å². The second-order valence-electron chi connectivity index (χ2n) is 4.95. The molecule has 2 aliphatic rings. The third-order valence-electron chi connectivity index (χ3n) is 3.93. The van der Waals surface area contributed by atoms with E-state index in [0.717, 1.165) is 38.5 Å². The zero-order valence-corrected chi connectivity index (χ0v) is 8.21. The van der Waals surface area contributed by atoms with Gasteiger partial charge in [-0.05, 0) is 31.6 Å². The molecule has 0 saturated heterocycles. The van der Waals surface area contributed by atoms with Crippen molar-refractivity contribution in [3.05, 3.63) is 0 Å². The van der Waals surface area contributed by atoms with Gasteiger partial charge in [0.2, 0.25) is 0 Å². The van der Waals surface area contributed by atoms with Gasteiger partial charge < -0.3 is 5.11 Å². The maximum Gasteiger partial charge on any atom is 0.0860 e. The number of aliphatic hydroxyl groups is 1. The van der Waals surface area contributed by atoms with Gasteiger partial charge in [0, 0.05) is 0 Å². The summed E-state index contributed by atoms with van der Waals surface area (Å²) < 4.78 is 0. The maximum atomic E-state index is 10.3. The molecule has 0 aromatic heterocycles. The Kier molecular flexibility index (Phi) is 1.89. The second kappa shape index (κ2) is 2.72. The molecule has 0 spiro atoms. The molecule has 0 unspecified atom stereocenters. The highest BCUT2D eigenvalue weighted by Gasteiger charge is 2.57. The second-order valence-corrected chi connectivity index (χ2v) is 4.95. The molecule has 2 nitrogen and oxygen atoms in total. The van der Waals surface area contributed by atoms with Crippen LogP contribution in [0, 0.1) is 22.7 Å². The van der Waals surface area contributed by atoms with Crippen molar-refractivity contribution in [3.8, 4) is 6.07 Å². The molecular weight excluding hydrogens is 162 g/mol. The van der Waals surface area contributed by atoms with Crippen LogP contribution < -0.4 is 0 Å². The fraction of sp³-hybridized carbons (Fsp3) is 0.909. The van der Waals surface area contributed by atoms with Crippen molar-refractivity contribution in [1.29, 1.82) is 5.26 Å². The van der Waals surface area contributed by atoms with Crippen molar-refractivity contribution in [2.75, 3.05) is 0 Å². The van der Waals surface area contributed by atoms with Gasteiger partial charge in [-0.3, -0.25) is 0 Å². The van der Waals surface area contributed by atoms with E-state index in [1.54, 1.807) is 0 Å². The Morgan fingerprint density at radius 3 is 2.23 bits per heavy atom. The first-order valence-corrected chi connectivity index (χ1v) is 5.26. The predicted molar refractivity (Wildman–Crippen MR) is 49.9 cm³/mol. The van der Waals surface area contributed by atoms with Gasteiger partial charge in [-0.2, -0.15) is 5.26 Å². The van der Waals surface area contributed by atoms with E-state index in [0.29, 0.717) is 5.92 Å². The number of hydrogen-bond donors (Lipinski definition) is 1. The van der Waals surface area contributed by atoms with Crippen molar-refractivity contribution in [1.82, 2.24) is 0 Å². The van der Waals surface area contributed by atoms with Crippen LogP contribution in [0.2, 0.25) is 0 Å². The monoisotopic (exact) mass is 179 g/mol. The summed E-state index contributed by atoms with van der Waals surface area (Å²) in [5, 5.41) is 19.5. The maximum absolute atomic E-state index is 10.3. The third-order valence-corrected chi connectivity index (χ3v) is 3.93. The van der Waals surface area contributed by atoms with E-state index in [-0.39, 0.29) is 5.41 Å². The van der Waals surface area contributed by atoms with E-state index in [1.165, 1.54) is 0 Å². The van der Waals surface area contributed by atoms with Gasteiger partial charge in [0.1, 0.15) is 0 Å². The summed E-state index contributed by atoms with van der Waals surface area (Å²) in [6.45, 7) is 2.15. The fourth-order valence-corrected chi connectivity index (χ4v) is 3.14. The normalized spacial score (nSPS) is 42.4. The first-order valence-electron chi connectivity index (χ1n) is 5.26. The molecule has 2 rings (SSSR count). The van der Waals surface area contributed by atoms with Crippen molar-refractivity contribution < 1.29 is 5.11 Å². The van der Waals surface area contributed by atoms with Crippen LogP contribution in [0.25, 0.3) is 0 Å². The number of rotatable bonds is 1. The summed E-state index contributed by atoms with van der Waals surface area (Å²) in [4.78, 5) is 0. The topological polar surface area (TPSA) is 44.0 Å². The molecule has 2 heteroatoms. The van der Waals surface area contributed by atoms with Crippen LogP contribution in [-0.4, -0.2) is 10.7 Å². The van der Waals surface area contributed by atoms with Crippen LogP contribution in [0.3, 0.4) is 0 Å². The molecule has 0 aromatic carbocycles. The number of nitrogens with zero attached hydrogens (tertiary/aromatic N) is 1. The molecule has 0 aromatic rings. The first kappa shape index (κ1) is 9.02. The summed E-state index contributed by atoms with van der Waals surface area (Å²) in [5.74, 6) is 0.607. The molecule has 0 amide bonds. The molecule has 2 saturated carbocycles. The summed E-state index contributed by atoms with van der Waals surface area (Å²) in [6.07, 6.45) is 5.72. The van der Waals surface area contributed by atoms with Crippen LogP contribution in [0.4, 0.5) is 0 Å². The van der Waals surface area contributed by atoms with Gasteiger partial charge in [-0.25, -0.2) is 0 Å². The highest BCUT2D eigenvalue weighted by atomic mass is 16.3. The minimum atomic E-state index is -0.641. The molecule has 13 heavy (non-hydrogen) atoms. The summed E-state index contributed by atoms with van der Waals surface area (Å²) in [5.41, 5.74) is -1.03. The molecule has 1 N–H and O–H groups in total. The molecule has 0 atom stereocenters. The van der Waals surface area contributed by atoms with Crippen molar-refractivity contribution >= 4 is 0 Å². The van der Waals surface area contributed by atoms with Crippen molar-refractivity contribution in [3.63, 3.8) is 0 Å². The third kappa shape index (κ3) is 1.10. The molecule has 0 heterocycles. The standard InChI is InChI=1S/C11H17NO/c1-9-6-11(13,7-9)10(8-12)4-2-3-5-10/h9,13H,2-7H2,1H3. The van der Waals surface area contributed by atoms with Gasteiger partial charge in [0.05, 0.1) is 17.1 Å². The zero-order valence-electron chi connectivity index (χ0n) is 8.21. The van der Waals surface area contributed by atoms with Crippen molar-refractivity contribution in [2.45, 2.75) is 51.0 Å². The summed E-state index contributed by atoms with van der Waals surface area (Å²) in [7, 11) is 0. The Balaban J connectivity index is 2.18. The number of hydrogen-bond acceptors (Lipinski definition) is 2. The van der Waals surface area contributed by atoms with Crippen LogP contribution >= 0.6 is 0 Å². The highest BCUT2D eigenvalue weighted by molar-refractivity contribution is 5.17. The van der Waals surface area contributed by atoms with E-state index in [4.69, 9.17) is 0 Å². The Bertz CT molecular complexity index is 241. The van der Waals surface area contributed by atoms with Gasteiger partial charge in [0.25, 0.3) is 0 Å². The Hall–Kier alpha value is -0.550. The van der Waals surface area contributed by atoms with Crippen LogP contribution in [-0.2, 0) is 0 Å². The quantitative estimate of drug-likeness (QED) is 0.670. The molecular formula is C11H17NO. The van der Waals surface area contributed by atoms with E-state index >= 15 is 0 Å². The smallest absolute Gasteiger partial charge is 0.0860 e. The van der Waals surface area contributed by atoms with E-state index in [9.17, 15) is 10.4 Å². The minimum Gasteiger partial charge on any atom is -0.388 e. The lowest BCUT2D eigenvalue weighted by Crippen LogP contribution is -2.54. The Labute approximate surface area is 79.6 Å². The average Bonchev–Trinajstić information content (AvgIpc) is 2.50. The lowest BCUT2D eigenvalue weighted by Gasteiger charge is -2.50. The zero-order chi connectivity index (χ0) is 9.53. The van der Waals surface area contributed by atoms with Gasteiger partial charge in [-0.1, -0.05) is 19.8 Å². The van der Waals surface area contributed by atoms with Gasteiger partial charge >= 0.3 is 0 Å². The molecule has 72 valence electrons. The van der Waals surface area contributed by atoms with Crippen molar-refractivity contribution in [2.24, 2.45) is 11.3 Å². The predicted octanol–water partition coefficient (Wildman–Crippen LogP) is 2.23. The molecule has 2 fully saturated rings. The lowest BCUT2D eigenvalue weighted by molar-refractivity contribution is -0.139. The Morgan fingerprint density at radius 1 is 1.31 bits per heavy atom. The first-order chi connectivity index (χ1) is 6.12. The SMILES string of the molecule is CC1CC(O)(C2(C#N)CCCC2)C1. The Morgan fingerprint density at radius 2 is 1.85 bits per heavy atom. The van der Waals surface area contributed by atoms with Crippen LogP contribution in [0.5, 0.6) is 0 Å². The van der Waals surface area contributed by atoms with Gasteiger partial charge in [0.15, 0.2) is 0 Å². The molecule has 0 radical (unpaired) electrons. The fourth-order valence-electron chi connectivity index (χ4n) is 3.14. The molecule has 0 bridgehead atoms.